The van der Waals surface area contributed by atoms with E-state index in [0.29, 0.717) is 11.1 Å². The fourth-order valence-corrected chi connectivity index (χ4v) is 3.83. The lowest BCUT2D eigenvalue weighted by Gasteiger charge is -2.14. The van der Waals surface area contributed by atoms with Crippen LogP contribution in [0.25, 0.3) is 0 Å². The van der Waals surface area contributed by atoms with Gasteiger partial charge in [0.05, 0.1) is 15.5 Å². The minimum atomic E-state index is -3.69. The van der Waals surface area contributed by atoms with E-state index in [1.165, 1.54) is 12.1 Å². The number of halogens is 2. The van der Waals surface area contributed by atoms with E-state index in [1.54, 1.807) is 6.92 Å². The predicted octanol–water partition coefficient (Wildman–Crippen LogP) is 2.39. The average molecular weight is 372 g/mol. The maximum absolute atomic E-state index is 12.2. The van der Waals surface area contributed by atoms with Crippen molar-refractivity contribution in [3.8, 4) is 0 Å². The number of benzene rings is 1. The third-order valence-electron chi connectivity index (χ3n) is 2.33. The van der Waals surface area contributed by atoms with Crippen molar-refractivity contribution in [3.05, 3.63) is 21.6 Å². The molecule has 0 aliphatic heterocycles. The van der Waals surface area contributed by atoms with E-state index in [0.717, 1.165) is 0 Å². The van der Waals surface area contributed by atoms with Crippen LogP contribution in [0, 0.1) is 0 Å². The molecular formula is C11H16BrClN2O3S. The number of hydrogen-bond donors (Lipinski definition) is 2. The summed E-state index contributed by atoms with van der Waals surface area (Å²) >= 11 is 8.98. The summed E-state index contributed by atoms with van der Waals surface area (Å²) in [6.45, 7) is 4.33. The summed E-state index contributed by atoms with van der Waals surface area (Å²) in [7, 11) is -3.69. The molecule has 1 unspecified atom stereocenters. The van der Waals surface area contributed by atoms with Crippen LogP contribution in [0.3, 0.4) is 0 Å². The van der Waals surface area contributed by atoms with Crippen molar-refractivity contribution >= 4 is 43.2 Å². The second-order valence-corrected chi connectivity index (χ2v) is 6.89. The number of hydrogen-bond acceptors (Lipinski definition) is 4. The fraction of sp³-hybridized carbons (Fsp3) is 0.455. The number of nitrogens with two attached hydrogens (primary N) is 1. The molecular weight excluding hydrogens is 356 g/mol. The molecule has 0 spiro atoms. The Bertz CT molecular complexity index is 551. The molecule has 1 rings (SSSR count). The molecule has 5 nitrogen and oxygen atoms in total. The van der Waals surface area contributed by atoms with E-state index in [9.17, 15) is 8.42 Å². The van der Waals surface area contributed by atoms with Crippen molar-refractivity contribution in [2.45, 2.75) is 24.8 Å². The number of rotatable bonds is 6. The van der Waals surface area contributed by atoms with Crippen LogP contribution in [-0.4, -0.2) is 27.7 Å². The lowest BCUT2D eigenvalue weighted by atomic mass is 10.3. The highest BCUT2D eigenvalue weighted by Crippen LogP contribution is 2.31. The van der Waals surface area contributed by atoms with Gasteiger partial charge in [-0.05, 0) is 41.9 Å². The molecule has 0 aliphatic rings. The molecule has 0 aliphatic carbocycles. The average Bonchev–Trinajstić information content (AvgIpc) is 2.31. The quantitative estimate of drug-likeness (QED) is 0.752. The highest BCUT2D eigenvalue weighted by molar-refractivity contribution is 9.10. The zero-order valence-electron chi connectivity index (χ0n) is 10.6. The molecule has 8 heteroatoms. The molecule has 0 saturated heterocycles. The van der Waals surface area contributed by atoms with E-state index in [1.807, 2.05) is 6.92 Å². The molecule has 3 N–H and O–H groups in total. The molecule has 1 aromatic carbocycles. The third kappa shape index (κ3) is 4.61. The Balaban J connectivity index is 2.95. The number of nitrogens with one attached hydrogen (secondary N) is 1. The van der Waals surface area contributed by atoms with E-state index >= 15 is 0 Å². The molecule has 0 amide bonds. The normalized spacial score (nSPS) is 13.5. The van der Waals surface area contributed by atoms with Gasteiger partial charge >= 0.3 is 0 Å². The van der Waals surface area contributed by atoms with Crippen molar-refractivity contribution in [1.29, 1.82) is 0 Å². The van der Waals surface area contributed by atoms with Crippen molar-refractivity contribution < 1.29 is 13.2 Å². The minimum Gasteiger partial charge on any atom is -0.398 e. The topological polar surface area (TPSA) is 81.4 Å². The van der Waals surface area contributed by atoms with E-state index in [4.69, 9.17) is 22.1 Å². The van der Waals surface area contributed by atoms with Crippen LogP contribution in [0.4, 0.5) is 5.69 Å². The predicted molar refractivity (Wildman–Crippen MR) is 79.8 cm³/mol. The highest BCUT2D eigenvalue weighted by Gasteiger charge is 2.20. The van der Waals surface area contributed by atoms with Gasteiger partial charge in [0.25, 0.3) is 0 Å². The van der Waals surface area contributed by atoms with Gasteiger partial charge in [0.1, 0.15) is 0 Å². The zero-order valence-corrected chi connectivity index (χ0v) is 13.8. The first kappa shape index (κ1) is 16.7. The summed E-state index contributed by atoms with van der Waals surface area (Å²) in [5.74, 6) is 0. The van der Waals surface area contributed by atoms with E-state index < -0.39 is 10.0 Å². The molecule has 0 heterocycles. The van der Waals surface area contributed by atoms with Gasteiger partial charge < -0.3 is 10.5 Å². The summed E-state index contributed by atoms with van der Waals surface area (Å²) in [4.78, 5) is 0.0150. The minimum absolute atomic E-state index is 0.0150. The molecule has 0 aromatic heterocycles. The first-order valence-electron chi connectivity index (χ1n) is 5.63. The smallest absolute Gasteiger partial charge is 0.241 e. The fourth-order valence-electron chi connectivity index (χ4n) is 1.43. The van der Waals surface area contributed by atoms with Crippen molar-refractivity contribution in [3.63, 3.8) is 0 Å². The molecule has 108 valence electrons. The molecule has 1 atom stereocenters. The summed E-state index contributed by atoms with van der Waals surface area (Å²) in [5.41, 5.74) is 5.94. The van der Waals surface area contributed by atoms with Crippen molar-refractivity contribution in [2.24, 2.45) is 0 Å². The Hall–Kier alpha value is -0.340. The van der Waals surface area contributed by atoms with Gasteiger partial charge in [0.15, 0.2) is 0 Å². The Morgan fingerprint density at radius 1 is 1.53 bits per heavy atom. The maximum Gasteiger partial charge on any atom is 0.241 e. The third-order valence-corrected chi connectivity index (χ3v) is 5.15. The SMILES string of the molecule is CCOC(C)CNS(=O)(=O)c1cc(Cl)cc(N)c1Br. The number of sulfonamides is 1. The van der Waals surface area contributed by atoms with Crippen LogP contribution >= 0.6 is 27.5 Å². The van der Waals surface area contributed by atoms with Crippen LogP contribution in [0.5, 0.6) is 0 Å². The van der Waals surface area contributed by atoms with Crippen LogP contribution in [0.15, 0.2) is 21.5 Å². The summed E-state index contributed by atoms with van der Waals surface area (Å²) < 4.78 is 32.3. The largest absolute Gasteiger partial charge is 0.398 e. The second-order valence-electron chi connectivity index (χ2n) is 3.92. The van der Waals surface area contributed by atoms with E-state index in [2.05, 4.69) is 20.7 Å². The second kappa shape index (κ2) is 6.90. The van der Waals surface area contributed by atoms with Gasteiger partial charge in [0.2, 0.25) is 10.0 Å². The maximum atomic E-state index is 12.2. The zero-order chi connectivity index (χ0) is 14.6. The van der Waals surface area contributed by atoms with Gasteiger partial charge in [0, 0.05) is 23.9 Å². The molecule has 19 heavy (non-hydrogen) atoms. The first-order valence-corrected chi connectivity index (χ1v) is 8.29. The van der Waals surface area contributed by atoms with Crippen LogP contribution < -0.4 is 10.5 Å². The summed E-state index contributed by atoms with van der Waals surface area (Å²) in [5, 5.41) is 0.263. The number of anilines is 1. The Labute approximate surface area is 126 Å². The van der Waals surface area contributed by atoms with Gasteiger partial charge in [-0.2, -0.15) is 0 Å². The lowest BCUT2D eigenvalue weighted by molar-refractivity contribution is 0.0799. The lowest BCUT2D eigenvalue weighted by Crippen LogP contribution is -2.32. The van der Waals surface area contributed by atoms with E-state index in [-0.39, 0.29) is 28.3 Å². The van der Waals surface area contributed by atoms with Gasteiger partial charge in [-0.25, -0.2) is 13.1 Å². The van der Waals surface area contributed by atoms with Crippen molar-refractivity contribution in [1.82, 2.24) is 4.72 Å². The number of nitrogen functional groups attached to an aromatic ring is 1. The number of ether oxygens (including phenoxy) is 1. The van der Waals surface area contributed by atoms with Crippen LogP contribution in [0.1, 0.15) is 13.8 Å². The Morgan fingerprint density at radius 2 is 2.16 bits per heavy atom. The Kier molecular flexibility index (Phi) is 6.07. The summed E-state index contributed by atoms with van der Waals surface area (Å²) in [6.07, 6.45) is -0.213. The molecule has 0 saturated carbocycles. The molecule has 1 aromatic rings. The van der Waals surface area contributed by atoms with Gasteiger partial charge in [-0.3, -0.25) is 0 Å². The van der Waals surface area contributed by atoms with Crippen LogP contribution in [0.2, 0.25) is 5.02 Å². The molecule has 0 fully saturated rings. The van der Waals surface area contributed by atoms with Gasteiger partial charge in [-0.1, -0.05) is 11.6 Å². The molecule has 0 radical (unpaired) electrons. The first-order chi connectivity index (χ1) is 8.77. The highest BCUT2D eigenvalue weighted by atomic mass is 79.9. The van der Waals surface area contributed by atoms with Crippen LogP contribution in [-0.2, 0) is 14.8 Å². The summed E-state index contributed by atoms with van der Waals surface area (Å²) in [6, 6.07) is 2.82. The van der Waals surface area contributed by atoms with Gasteiger partial charge in [-0.15, -0.1) is 0 Å². The van der Waals surface area contributed by atoms with Crippen molar-refractivity contribution in [2.75, 3.05) is 18.9 Å². The Morgan fingerprint density at radius 3 is 2.74 bits per heavy atom. The standard InChI is InChI=1S/C11H16BrClN2O3S/c1-3-18-7(2)6-15-19(16,17)10-5-8(13)4-9(14)11(10)12/h4-5,7,15H,3,6,14H2,1-2H3. The monoisotopic (exact) mass is 370 g/mol. The molecule has 0 bridgehead atoms.